The van der Waals surface area contributed by atoms with Crippen molar-refractivity contribution in [1.82, 2.24) is 0 Å². The summed E-state index contributed by atoms with van der Waals surface area (Å²) in [7, 11) is -6.85. The molecule has 0 saturated carbocycles. The Bertz CT molecular complexity index is 1140. The summed E-state index contributed by atoms with van der Waals surface area (Å²) in [5.74, 6) is 0. The van der Waals surface area contributed by atoms with E-state index in [4.69, 9.17) is 0 Å². The molecule has 0 amide bonds. The minimum atomic E-state index is -1.72. The van der Waals surface area contributed by atoms with Crippen LogP contribution in [0.15, 0.2) is 0 Å². The Morgan fingerprint density at radius 2 is 0.231 bits per heavy atom. The predicted octanol–water partition coefficient (Wildman–Crippen LogP) is 15.3. The quantitative estimate of drug-likeness (QED) is 0.153. The van der Waals surface area contributed by atoms with Gasteiger partial charge in [-0.05, 0) is 0 Å². The van der Waals surface area contributed by atoms with Gasteiger partial charge < -0.3 is 0 Å². The van der Waals surface area contributed by atoms with E-state index < -0.39 is 68.2 Å². The van der Waals surface area contributed by atoms with E-state index in [-0.39, 0.29) is 0 Å². The lowest BCUT2D eigenvalue weighted by Crippen LogP contribution is -3.49. The van der Waals surface area contributed by atoms with Gasteiger partial charge in [-0.2, -0.15) is 0 Å². The summed E-state index contributed by atoms with van der Waals surface area (Å²) < 4.78 is 0. The Balaban J connectivity index is 2.72. The van der Waals surface area contributed by atoms with E-state index in [1.807, 2.05) is 0 Å². The Labute approximate surface area is 337 Å². The van der Waals surface area contributed by atoms with E-state index in [2.05, 4.69) is 194 Å². The van der Waals surface area contributed by atoms with Crippen LogP contribution < -0.4 is 0 Å². The normalized spacial score (nSPS) is 38.4. The van der Waals surface area contributed by atoms with Crippen molar-refractivity contribution in [1.29, 1.82) is 0 Å². The van der Waals surface area contributed by atoms with Crippen molar-refractivity contribution in [2.24, 2.45) is 0 Å². The zero-order valence-corrected chi connectivity index (χ0v) is 51.1. The zero-order valence-electron chi connectivity index (χ0n) is 41.1. The summed E-state index contributed by atoms with van der Waals surface area (Å²) >= 11 is 0. The van der Waals surface area contributed by atoms with E-state index in [1.165, 1.54) is 0 Å². The molecular formula is C42H98Si10. The number of fused-ring (bicyclic) bond motifs is 7. The maximum absolute atomic E-state index is 3.08. The molecule has 0 radical (unpaired) electrons. The van der Waals surface area contributed by atoms with Gasteiger partial charge in [0.2, 0.25) is 0 Å². The molecule has 4 fully saturated rings. The molecule has 306 valence electrons. The Morgan fingerprint density at radius 1 is 0.135 bits per heavy atom. The van der Waals surface area contributed by atoms with E-state index in [0.29, 0.717) is 0 Å². The van der Waals surface area contributed by atoms with E-state index in [9.17, 15) is 0 Å². The fourth-order valence-corrected chi connectivity index (χ4v) is 1010. The van der Waals surface area contributed by atoms with Crippen molar-refractivity contribution in [3.63, 3.8) is 0 Å². The zero-order chi connectivity index (χ0) is 41.1. The lowest BCUT2D eigenvalue weighted by Gasteiger charge is -3.18. The molecule has 0 aromatic rings. The average Bonchev–Trinajstić information content (AvgIpc) is 2.91. The highest BCUT2D eigenvalue weighted by molar-refractivity contribution is 8.71. The van der Waals surface area contributed by atoms with Crippen molar-refractivity contribution < 1.29 is 0 Å². The molecule has 4 heterocycles. The molecule has 6 atom stereocenters. The molecule has 4 rings (SSSR count). The third-order valence-corrected chi connectivity index (χ3v) is 415. The first-order chi connectivity index (χ1) is 23.5. The van der Waals surface area contributed by atoms with Crippen molar-refractivity contribution in [3.8, 4) is 0 Å². The number of rotatable bonds is 14. The van der Waals surface area contributed by atoms with Gasteiger partial charge in [-0.25, -0.2) is 0 Å². The van der Waals surface area contributed by atoms with Crippen LogP contribution in [0.25, 0.3) is 0 Å². The molecule has 0 aromatic carbocycles. The summed E-state index contributed by atoms with van der Waals surface area (Å²) in [6.07, 6.45) is 0. The van der Waals surface area contributed by atoms with Crippen LogP contribution in [-0.4, -0.2) is 68.2 Å². The molecule has 52 heavy (non-hydrogen) atoms. The van der Waals surface area contributed by atoms with Gasteiger partial charge in [0.25, 0.3) is 0 Å². The van der Waals surface area contributed by atoms with E-state index >= 15 is 0 Å². The summed E-state index contributed by atoms with van der Waals surface area (Å²) in [5, 5.41) is 0. The third kappa shape index (κ3) is 3.31. The van der Waals surface area contributed by atoms with Crippen LogP contribution >= 0.6 is 0 Å². The van der Waals surface area contributed by atoms with Crippen LogP contribution in [-0.2, 0) is 0 Å². The molecule has 0 spiro atoms. The molecule has 0 N–H and O–H groups in total. The Morgan fingerprint density at radius 3 is 0.288 bits per heavy atom. The Kier molecular flexibility index (Phi) is 12.0. The SMILES string of the molecule is CC(C)[Si]1(C(C)C)[Si](C(C)C)(C(C)C)[Si@]2(C(C)C)[Si]3(C(C)C)[Si](C(C)C)([Si@]12C(C)C)[Si@@]1(C(C)C)[Si](C(C)C)(C(C)C)[Si](C(C)C)(C(C)C)[Si@@]31C(C)C. The van der Waals surface area contributed by atoms with Crippen LogP contribution in [0.5, 0.6) is 0 Å². The minimum absolute atomic E-state index is 1.01. The summed E-state index contributed by atoms with van der Waals surface area (Å²) in [4.78, 5) is 0. The lowest BCUT2D eigenvalue weighted by molar-refractivity contribution is 0.856. The fourth-order valence-electron chi connectivity index (χ4n) is 25.2. The van der Waals surface area contributed by atoms with Gasteiger partial charge in [0.15, 0.2) is 0 Å². The molecule has 10 heteroatoms. The van der Waals surface area contributed by atoms with Gasteiger partial charge in [-0.15, -0.1) is 0 Å². The smallest absolute Gasteiger partial charge is 0.0400 e. The summed E-state index contributed by atoms with van der Waals surface area (Å²) in [6, 6.07) is 0. The maximum atomic E-state index is 3.08. The van der Waals surface area contributed by atoms with Crippen LogP contribution in [0.2, 0.25) is 77.6 Å². The van der Waals surface area contributed by atoms with Crippen LogP contribution in [0.4, 0.5) is 0 Å². The first kappa shape index (κ1) is 46.9. The van der Waals surface area contributed by atoms with Gasteiger partial charge in [-0.3, -0.25) is 0 Å². The second kappa shape index (κ2) is 13.3. The summed E-state index contributed by atoms with van der Waals surface area (Å²) in [6.45, 7) is 73.9. The highest BCUT2D eigenvalue weighted by Crippen LogP contribution is 2.98. The monoisotopic (exact) mass is 883 g/mol. The second-order valence-electron chi connectivity index (χ2n) is 24.5. The number of hydrogen-bond acceptors (Lipinski definition) is 0. The van der Waals surface area contributed by atoms with Gasteiger partial charge >= 0.3 is 0 Å². The Hall–Kier alpha value is 2.17. The van der Waals surface area contributed by atoms with Crippen molar-refractivity contribution in [2.45, 2.75) is 271 Å². The van der Waals surface area contributed by atoms with Crippen molar-refractivity contribution in [2.75, 3.05) is 0 Å². The molecule has 0 aliphatic carbocycles. The van der Waals surface area contributed by atoms with Crippen LogP contribution in [0, 0.1) is 0 Å². The minimum Gasteiger partial charge on any atom is -0.0659 e. The highest BCUT2D eigenvalue weighted by Gasteiger charge is 3.24. The van der Waals surface area contributed by atoms with Crippen molar-refractivity contribution >= 4 is 68.2 Å². The van der Waals surface area contributed by atoms with Crippen LogP contribution in [0.1, 0.15) is 194 Å². The molecule has 0 bridgehead atoms. The van der Waals surface area contributed by atoms with Gasteiger partial charge in [-0.1, -0.05) is 271 Å². The topological polar surface area (TPSA) is 0 Å². The first-order valence-electron chi connectivity index (χ1n) is 23.5. The van der Waals surface area contributed by atoms with E-state index in [1.54, 1.807) is 0 Å². The van der Waals surface area contributed by atoms with Crippen molar-refractivity contribution in [3.05, 3.63) is 0 Å². The van der Waals surface area contributed by atoms with E-state index in [0.717, 1.165) is 77.6 Å². The van der Waals surface area contributed by atoms with Gasteiger partial charge in [0, 0.05) is 68.2 Å². The number of hydrogen-bond donors (Lipinski definition) is 0. The third-order valence-electron chi connectivity index (χ3n) is 20.8. The first-order valence-corrected chi connectivity index (χ1v) is 57.5. The predicted molar refractivity (Wildman–Crippen MR) is 269 cm³/mol. The summed E-state index contributed by atoms with van der Waals surface area (Å²) in [5.41, 5.74) is 14.6. The molecule has 4 aliphatic heterocycles. The molecular weight excluding hydrogens is 785 g/mol. The lowest BCUT2D eigenvalue weighted by atomic mass is 10.5. The maximum Gasteiger partial charge on any atom is 0.0400 e. The second-order valence-corrected chi connectivity index (χ2v) is 153. The van der Waals surface area contributed by atoms with Gasteiger partial charge in [0.1, 0.15) is 0 Å². The molecule has 0 aromatic heterocycles. The molecule has 2 unspecified atom stereocenters. The highest BCUT2D eigenvalue weighted by atomic mass is 30.9. The van der Waals surface area contributed by atoms with Gasteiger partial charge in [0.05, 0.1) is 0 Å². The average molecular weight is 884 g/mol. The fraction of sp³-hybridized carbons (Fsp3) is 1.00. The largest absolute Gasteiger partial charge is 0.0659 e. The molecule has 4 saturated heterocycles. The standard InChI is InChI=1S/C42H98Si10/c1-29(2)43(30(3)4)44(31(5)6,32(7)8)48(38(19)20)47(43,37(17)18)51(41(25)26)49(39(21)22)45(33(9)10,34(11)12)46(35(13)14,36(15)16)50(49,40(23)24)52(48,51)42(27)28/h29-42H,1-28H3/t47-,48+,49+,50-,51?,52?. The molecule has 0 nitrogen and oxygen atoms in total. The van der Waals surface area contributed by atoms with Crippen LogP contribution in [0.3, 0.4) is 0 Å². The molecule has 4 aliphatic rings.